The van der Waals surface area contributed by atoms with Crippen molar-refractivity contribution < 1.29 is 17.5 Å². The second-order valence-corrected chi connectivity index (χ2v) is 8.22. The van der Waals surface area contributed by atoms with Gasteiger partial charge in [0.1, 0.15) is 10.7 Å². The van der Waals surface area contributed by atoms with Crippen LogP contribution in [0, 0.1) is 11.7 Å². The molecule has 1 aromatic rings. The van der Waals surface area contributed by atoms with Crippen molar-refractivity contribution in [3.05, 3.63) is 29.0 Å². The maximum Gasteiger partial charge on any atom is 0.242 e. The van der Waals surface area contributed by atoms with Crippen LogP contribution < -0.4 is 4.72 Å². The van der Waals surface area contributed by atoms with Gasteiger partial charge in [-0.05, 0) is 24.1 Å². The summed E-state index contributed by atoms with van der Waals surface area (Å²) >= 11 is 5.82. The van der Waals surface area contributed by atoms with Gasteiger partial charge in [0.05, 0.1) is 17.7 Å². The van der Waals surface area contributed by atoms with E-state index in [1.807, 2.05) is 0 Å². The first-order chi connectivity index (χ1) is 10.8. The third-order valence-corrected chi connectivity index (χ3v) is 5.44. The molecular weight excluding hydrogens is 343 g/mol. The highest BCUT2D eigenvalue weighted by molar-refractivity contribution is 7.89. The van der Waals surface area contributed by atoms with Crippen LogP contribution in [0.15, 0.2) is 23.1 Å². The molecule has 0 saturated carbocycles. The lowest BCUT2D eigenvalue weighted by Crippen LogP contribution is -2.48. The predicted molar refractivity (Wildman–Crippen MR) is 87.6 cm³/mol. The molecule has 1 aliphatic heterocycles. The van der Waals surface area contributed by atoms with Crippen LogP contribution in [-0.4, -0.2) is 52.2 Å². The quantitative estimate of drug-likeness (QED) is 0.840. The molecule has 0 bridgehead atoms. The maximum atomic E-state index is 13.0. The molecule has 23 heavy (non-hydrogen) atoms. The molecule has 0 aromatic heterocycles. The number of nitrogens with zero attached hydrogens (tertiary/aromatic N) is 1. The number of rotatable bonds is 6. The largest absolute Gasteiger partial charge is 0.374 e. The lowest BCUT2D eigenvalue weighted by molar-refractivity contribution is -0.0280. The Kier molecular flexibility index (Phi) is 6.39. The number of hydrogen-bond donors (Lipinski definition) is 1. The summed E-state index contributed by atoms with van der Waals surface area (Å²) in [5.41, 5.74) is 0. The van der Waals surface area contributed by atoms with E-state index in [1.54, 1.807) is 0 Å². The van der Waals surface area contributed by atoms with Crippen LogP contribution in [0.5, 0.6) is 0 Å². The Labute approximate surface area is 141 Å². The summed E-state index contributed by atoms with van der Waals surface area (Å²) in [6.07, 6.45) is -0.212. The summed E-state index contributed by atoms with van der Waals surface area (Å²) < 4.78 is 45.7. The van der Waals surface area contributed by atoms with E-state index < -0.39 is 15.8 Å². The van der Waals surface area contributed by atoms with E-state index in [0.29, 0.717) is 19.1 Å². The Hall–Kier alpha value is -0.730. The standard InChI is InChI=1S/C15H22ClFN2O3S/c1-11(2)9-19-5-6-22-13(10-19)8-18-23(20,21)15-4-3-12(17)7-14(15)16/h3-4,7,11,13,18H,5-6,8-10H2,1-2H3. The minimum Gasteiger partial charge on any atom is -0.374 e. The van der Waals surface area contributed by atoms with Gasteiger partial charge in [-0.2, -0.15) is 0 Å². The molecule has 0 radical (unpaired) electrons. The molecule has 2 rings (SSSR count). The lowest BCUT2D eigenvalue weighted by Gasteiger charge is -2.33. The van der Waals surface area contributed by atoms with E-state index in [9.17, 15) is 12.8 Å². The summed E-state index contributed by atoms with van der Waals surface area (Å²) in [7, 11) is -3.79. The van der Waals surface area contributed by atoms with Crippen molar-refractivity contribution in [2.75, 3.05) is 32.8 Å². The van der Waals surface area contributed by atoms with Crippen LogP contribution in [0.25, 0.3) is 0 Å². The van der Waals surface area contributed by atoms with Crippen molar-refractivity contribution in [2.45, 2.75) is 24.8 Å². The van der Waals surface area contributed by atoms with Crippen LogP contribution in [0.3, 0.4) is 0 Å². The predicted octanol–water partition coefficient (Wildman–Crippen LogP) is 2.11. The van der Waals surface area contributed by atoms with E-state index in [0.717, 1.165) is 31.3 Å². The Morgan fingerprint density at radius 3 is 2.87 bits per heavy atom. The SMILES string of the molecule is CC(C)CN1CCOC(CNS(=O)(=O)c2ccc(F)cc2Cl)C1. The Morgan fingerprint density at radius 1 is 1.48 bits per heavy atom. The fraction of sp³-hybridized carbons (Fsp3) is 0.600. The number of morpholine rings is 1. The van der Waals surface area contributed by atoms with Gasteiger partial charge in [0, 0.05) is 26.2 Å². The number of hydrogen-bond acceptors (Lipinski definition) is 4. The minimum absolute atomic E-state index is 0.129. The molecule has 0 aliphatic carbocycles. The van der Waals surface area contributed by atoms with Crippen molar-refractivity contribution in [2.24, 2.45) is 5.92 Å². The van der Waals surface area contributed by atoms with Crippen molar-refractivity contribution in [3.63, 3.8) is 0 Å². The highest BCUT2D eigenvalue weighted by Crippen LogP contribution is 2.22. The summed E-state index contributed by atoms with van der Waals surface area (Å²) in [4.78, 5) is 2.13. The van der Waals surface area contributed by atoms with Gasteiger partial charge >= 0.3 is 0 Å². The van der Waals surface area contributed by atoms with E-state index in [4.69, 9.17) is 16.3 Å². The van der Waals surface area contributed by atoms with Gasteiger partial charge < -0.3 is 4.74 Å². The Morgan fingerprint density at radius 2 is 2.22 bits per heavy atom. The number of benzene rings is 1. The van der Waals surface area contributed by atoms with E-state index in [-0.39, 0.29) is 22.6 Å². The van der Waals surface area contributed by atoms with Gasteiger partial charge in [0.25, 0.3) is 0 Å². The molecule has 1 N–H and O–H groups in total. The monoisotopic (exact) mass is 364 g/mol. The molecule has 1 atom stereocenters. The molecule has 1 aliphatic rings. The molecule has 5 nitrogen and oxygen atoms in total. The molecular formula is C15H22ClFN2O3S. The highest BCUT2D eigenvalue weighted by atomic mass is 35.5. The zero-order valence-electron chi connectivity index (χ0n) is 13.3. The number of halogens is 2. The Bertz CT molecular complexity index is 640. The third-order valence-electron chi connectivity index (χ3n) is 3.53. The first-order valence-corrected chi connectivity index (χ1v) is 9.42. The van der Waals surface area contributed by atoms with Gasteiger partial charge in [-0.1, -0.05) is 25.4 Å². The second kappa shape index (κ2) is 7.90. The smallest absolute Gasteiger partial charge is 0.242 e. The van der Waals surface area contributed by atoms with Gasteiger partial charge in [0.2, 0.25) is 10.0 Å². The summed E-state index contributed by atoms with van der Waals surface area (Å²) in [6.45, 7) is 7.51. The third kappa shape index (κ3) is 5.39. The zero-order valence-corrected chi connectivity index (χ0v) is 14.8. The van der Waals surface area contributed by atoms with Gasteiger partial charge in [-0.25, -0.2) is 17.5 Å². The molecule has 1 aromatic carbocycles. The fourth-order valence-corrected chi connectivity index (χ4v) is 4.16. The van der Waals surface area contributed by atoms with Crippen molar-refractivity contribution in [1.82, 2.24) is 9.62 Å². The molecule has 0 amide bonds. The molecule has 1 saturated heterocycles. The zero-order chi connectivity index (χ0) is 17.0. The van der Waals surface area contributed by atoms with Gasteiger partial charge in [-0.15, -0.1) is 0 Å². The molecule has 130 valence electrons. The summed E-state index contributed by atoms with van der Waals surface area (Å²) in [5, 5.41) is -0.136. The van der Waals surface area contributed by atoms with Gasteiger partial charge in [0.15, 0.2) is 0 Å². The fourth-order valence-electron chi connectivity index (χ4n) is 2.56. The van der Waals surface area contributed by atoms with Crippen molar-refractivity contribution in [1.29, 1.82) is 0 Å². The molecule has 1 unspecified atom stereocenters. The molecule has 0 spiro atoms. The molecule has 1 heterocycles. The van der Waals surface area contributed by atoms with Crippen molar-refractivity contribution >= 4 is 21.6 Å². The highest BCUT2D eigenvalue weighted by Gasteiger charge is 2.24. The van der Waals surface area contributed by atoms with Crippen LogP contribution in [-0.2, 0) is 14.8 Å². The first-order valence-electron chi connectivity index (χ1n) is 7.56. The van der Waals surface area contributed by atoms with Crippen molar-refractivity contribution in [3.8, 4) is 0 Å². The number of nitrogens with one attached hydrogen (secondary N) is 1. The maximum absolute atomic E-state index is 13.0. The number of sulfonamides is 1. The molecule has 1 fully saturated rings. The van der Waals surface area contributed by atoms with E-state index in [1.165, 1.54) is 0 Å². The van der Waals surface area contributed by atoms with Crippen LogP contribution in [0.1, 0.15) is 13.8 Å². The average molecular weight is 365 g/mol. The normalized spacial score (nSPS) is 20.1. The summed E-state index contributed by atoms with van der Waals surface area (Å²) in [6, 6.07) is 3.21. The molecule has 8 heteroatoms. The van der Waals surface area contributed by atoms with E-state index >= 15 is 0 Å². The summed E-state index contributed by atoms with van der Waals surface area (Å²) in [5.74, 6) is -0.0302. The number of ether oxygens (including phenoxy) is 1. The minimum atomic E-state index is -3.79. The van der Waals surface area contributed by atoms with E-state index in [2.05, 4.69) is 23.5 Å². The van der Waals surface area contributed by atoms with Crippen LogP contribution in [0.2, 0.25) is 5.02 Å². The topological polar surface area (TPSA) is 58.6 Å². The average Bonchev–Trinajstić information content (AvgIpc) is 2.44. The van der Waals surface area contributed by atoms with Crippen LogP contribution in [0.4, 0.5) is 4.39 Å². The Balaban J connectivity index is 1.96. The first kappa shape index (κ1) is 18.6. The van der Waals surface area contributed by atoms with Gasteiger partial charge in [-0.3, -0.25) is 4.90 Å². The lowest BCUT2D eigenvalue weighted by atomic mass is 10.2. The van der Waals surface area contributed by atoms with Crippen LogP contribution >= 0.6 is 11.6 Å². The second-order valence-electron chi connectivity index (χ2n) is 6.07.